The van der Waals surface area contributed by atoms with Gasteiger partial charge in [-0.25, -0.2) is 9.18 Å². The molecule has 3 rings (SSSR count). The Morgan fingerprint density at radius 2 is 1.77 bits per heavy atom. The van der Waals surface area contributed by atoms with Gasteiger partial charge in [0, 0.05) is 12.1 Å². The Bertz CT molecular complexity index is 1040. The number of rotatable bonds is 6. The molecule has 3 aromatic rings. The molecule has 2 aromatic carbocycles. The van der Waals surface area contributed by atoms with Gasteiger partial charge in [-0.15, -0.1) is 0 Å². The van der Waals surface area contributed by atoms with E-state index in [1.54, 1.807) is 39.0 Å². The number of hydrogen-bond donors (Lipinski definition) is 3. The standard InChI is InChI=1S/C23H25FN4O3/c1-23(2,3)31-22(30)27-19(15-9-5-4-6-10-15)14-25-21(29)17-13-26-28-20(17)16-11-7-8-12-18(16)24/h4-13,19H,14H2,1-3H3,(H,25,29)(H,26,28)(H,27,30). The zero-order valence-corrected chi connectivity index (χ0v) is 17.6. The van der Waals surface area contributed by atoms with E-state index in [-0.39, 0.29) is 23.4 Å². The molecule has 0 aliphatic rings. The lowest BCUT2D eigenvalue weighted by Gasteiger charge is -2.24. The molecule has 8 heteroatoms. The van der Waals surface area contributed by atoms with Gasteiger partial charge in [0.2, 0.25) is 0 Å². The summed E-state index contributed by atoms with van der Waals surface area (Å²) in [7, 11) is 0. The van der Waals surface area contributed by atoms with Gasteiger partial charge in [-0.1, -0.05) is 42.5 Å². The third-order valence-corrected chi connectivity index (χ3v) is 4.39. The van der Waals surface area contributed by atoms with Crippen LogP contribution in [0.15, 0.2) is 60.8 Å². The Balaban J connectivity index is 1.75. The molecule has 162 valence electrons. The van der Waals surface area contributed by atoms with Gasteiger partial charge in [-0.2, -0.15) is 5.10 Å². The number of nitrogens with zero attached hydrogens (tertiary/aromatic N) is 1. The highest BCUT2D eigenvalue weighted by Gasteiger charge is 2.23. The first-order valence-electron chi connectivity index (χ1n) is 9.85. The highest BCUT2D eigenvalue weighted by molar-refractivity contribution is 5.99. The summed E-state index contributed by atoms with van der Waals surface area (Å²) in [4.78, 5) is 25.1. The second-order valence-electron chi connectivity index (χ2n) is 7.96. The van der Waals surface area contributed by atoms with Gasteiger partial charge >= 0.3 is 6.09 Å². The Kier molecular flexibility index (Phi) is 6.69. The number of halogens is 1. The van der Waals surface area contributed by atoms with Crippen LogP contribution in [0.4, 0.5) is 9.18 Å². The summed E-state index contributed by atoms with van der Waals surface area (Å²) in [5.74, 6) is -0.909. The highest BCUT2D eigenvalue weighted by Crippen LogP contribution is 2.24. The number of H-pyrrole nitrogens is 1. The van der Waals surface area contributed by atoms with Gasteiger partial charge in [-0.05, 0) is 38.5 Å². The van der Waals surface area contributed by atoms with E-state index in [2.05, 4.69) is 20.8 Å². The lowest BCUT2D eigenvalue weighted by molar-refractivity contribution is 0.0501. The largest absolute Gasteiger partial charge is 0.444 e. The predicted molar refractivity (Wildman–Crippen MR) is 115 cm³/mol. The van der Waals surface area contributed by atoms with E-state index >= 15 is 0 Å². The molecule has 3 N–H and O–H groups in total. The first kappa shape index (κ1) is 22.0. The van der Waals surface area contributed by atoms with Crippen LogP contribution in [0.2, 0.25) is 0 Å². The average molecular weight is 424 g/mol. The maximum absolute atomic E-state index is 14.2. The van der Waals surface area contributed by atoms with Crippen LogP contribution in [0.5, 0.6) is 0 Å². The second-order valence-corrected chi connectivity index (χ2v) is 7.96. The number of alkyl carbamates (subject to hydrolysis) is 1. The third-order valence-electron chi connectivity index (χ3n) is 4.39. The van der Waals surface area contributed by atoms with Crippen LogP contribution in [-0.2, 0) is 4.74 Å². The fraction of sp³-hybridized carbons (Fsp3) is 0.261. The number of carbonyl (C=O) groups is 2. The molecule has 0 spiro atoms. The van der Waals surface area contributed by atoms with Crippen molar-refractivity contribution in [3.05, 3.63) is 77.7 Å². The molecule has 0 aliphatic carbocycles. The van der Waals surface area contributed by atoms with E-state index in [4.69, 9.17) is 4.74 Å². The minimum absolute atomic E-state index is 0.101. The van der Waals surface area contributed by atoms with Crippen molar-refractivity contribution >= 4 is 12.0 Å². The van der Waals surface area contributed by atoms with Crippen LogP contribution in [0, 0.1) is 5.82 Å². The van der Waals surface area contributed by atoms with Crippen LogP contribution in [0.3, 0.4) is 0 Å². The second kappa shape index (κ2) is 9.42. The minimum Gasteiger partial charge on any atom is -0.444 e. The van der Waals surface area contributed by atoms with Crippen LogP contribution in [0.25, 0.3) is 11.3 Å². The number of carbonyl (C=O) groups excluding carboxylic acids is 2. The predicted octanol–water partition coefficient (Wildman–Crippen LogP) is 4.21. The zero-order chi connectivity index (χ0) is 22.4. The molecule has 2 amide bonds. The Labute approximate surface area is 180 Å². The van der Waals surface area contributed by atoms with E-state index in [0.717, 1.165) is 5.56 Å². The first-order valence-corrected chi connectivity index (χ1v) is 9.85. The molecule has 1 aromatic heterocycles. The van der Waals surface area contributed by atoms with Crippen LogP contribution < -0.4 is 10.6 Å². The lowest BCUT2D eigenvalue weighted by Crippen LogP contribution is -2.40. The normalized spacial score (nSPS) is 12.1. The first-order chi connectivity index (χ1) is 14.7. The molecule has 1 atom stereocenters. The van der Waals surface area contributed by atoms with Crippen molar-refractivity contribution < 1.29 is 18.7 Å². The van der Waals surface area contributed by atoms with Crippen molar-refractivity contribution in [1.82, 2.24) is 20.8 Å². The summed E-state index contributed by atoms with van der Waals surface area (Å²) in [6.07, 6.45) is 0.751. The maximum Gasteiger partial charge on any atom is 0.408 e. The van der Waals surface area contributed by atoms with E-state index in [0.29, 0.717) is 0 Å². The van der Waals surface area contributed by atoms with Crippen LogP contribution in [0.1, 0.15) is 42.7 Å². The fourth-order valence-electron chi connectivity index (χ4n) is 3.00. The molecule has 1 unspecified atom stereocenters. The molecule has 0 aliphatic heterocycles. The molecule has 7 nitrogen and oxygen atoms in total. The number of aromatic nitrogens is 2. The number of aromatic amines is 1. The SMILES string of the molecule is CC(C)(C)OC(=O)NC(CNC(=O)c1cn[nH]c1-c1ccccc1F)c1ccccc1. The van der Waals surface area contributed by atoms with Crippen molar-refractivity contribution in [2.45, 2.75) is 32.4 Å². The number of amides is 2. The molecule has 0 radical (unpaired) electrons. The summed E-state index contributed by atoms with van der Waals surface area (Å²) in [6.45, 7) is 5.42. The molecule has 1 heterocycles. The minimum atomic E-state index is -0.653. The molecule has 0 bridgehead atoms. The molecule has 31 heavy (non-hydrogen) atoms. The van der Waals surface area contributed by atoms with E-state index < -0.39 is 29.5 Å². The monoisotopic (exact) mass is 424 g/mol. The number of ether oxygens (including phenoxy) is 1. The van der Waals surface area contributed by atoms with E-state index in [9.17, 15) is 14.0 Å². The van der Waals surface area contributed by atoms with Crippen molar-refractivity contribution in [2.75, 3.05) is 6.54 Å². The fourth-order valence-corrected chi connectivity index (χ4v) is 3.00. The zero-order valence-electron chi connectivity index (χ0n) is 17.6. The number of benzene rings is 2. The summed E-state index contributed by atoms with van der Waals surface area (Å²) in [5.41, 5.74) is 0.882. The highest BCUT2D eigenvalue weighted by atomic mass is 19.1. The van der Waals surface area contributed by atoms with Gasteiger partial charge < -0.3 is 15.4 Å². The number of hydrogen-bond acceptors (Lipinski definition) is 4. The molecule has 0 saturated heterocycles. The van der Waals surface area contributed by atoms with E-state index in [1.165, 1.54) is 12.3 Å². The molecule has 0 fully saturated rings. The molecule has 0 saturated carbocycles. The molecular weight excluding hydrogens is 399 g/mol. The average Bonchev–Trinajstić information content (AvgIpc) is 3.20. The van der Waals surface area contributed by atoms with Gasteiger partial charge in [0.05, 0.1) is 23.5 Å². The summed E-state index contributed by atoms with van der Waals surface area (Å²) < 4.78 is 19.5. The molecular formula is C23H25FN4O3. The van der Waals surface area contributed by atoms with E-state index in [1.807, 2.05) is 30.3 Å². The van der Waals surface area contributed by atoms with Crippen molar-refractivity contribution in [3.8, 4) is 11.3 Å². The van der Waals surface area contributed by atoms with Gasteiger partial charge in [0.25, 0.3) is 5.91 Å². The summed E-state index contributed by atoms with van der Waals surface area (Å²) in [5, 5.41) is 12.1. The van der Waals surface area contributed by atoms with Crippen molar-refractivity contribution in [3.63, 3.8) is 0 Å². The Morgan fingerprint density at radius 1 is 1.10 bits per heavy atom. The topological polar surface area (TPSA) is 96.1 Å². The van der Waals surface area contributed by atoms with Gasteiger partial charge in [0.1, 0.15) is 11.4 Å². The Morgan fingerprint density at radius 3 is 2.45 bits per heavy atom. The summed E-state index contributed by atoms with van der Waals surface area (Å²) in [6, 6.07) is 14.8. The van der Waals surface area contributed by atoms with Gasteiger partial charge in [-0.3, -0.25) is 9.89 Å². The maximum atomic E-state index is 14.2. The quantitative estimate of drug-likeness (QED) is 0.552. The summed E-state index contributed by atoms with van der Waals surface area (Å²) >= 11 is 0. The van der Waals surface area contributed by atoms with Gasteiger partial charge in [0.15, 0.2) is 0 Å². The smallest absolute Gasteiger partial charge is 0.408 e. The lowest BCUT2D eigenvalue weighted by atomic mass is 10.1. The van der Waals surface area contributed by atoms with Crippen LogP contribution >= 0.6 is 0 Å². The third kappa shape index (κ3) is 5.91. The number of nitrogens with one attached hydrogen (secondary N) is 3. The van der Waals surface area contributed by atoms with Crippen molar-refractivity contribution in [1.29, 1.82) is 0 Å². The Hall–Kier alpha value is -3.68. The van der Waals surface area contributed by atoms with Crippen LogP contribution in [-0.4, -0.2) is 34.3 Å². The van der Waals surface area contributed by atoms with Crippen molar-refractivity contribution in [2.24, 2.45) is 0 Å².